The number of sulfonamides is 1. The number of thiophene rings is 1. The molecule has 0 aliphatic heterocycles. The number of carbonyl (C=O) groups is 1. The Morgan fingerprint density at radius 2 is 1.96 bits per heavy atom. The number of aryl methyl sites for hydroxylation is 2. The quantitative estimate of drug-likeness (QED) is 0.854. The molecule has 5 nitrogen and oxygen atoms in total. The first-order chi connectivity index (χ1) is 11.2. The van der Waals surface area contributed by atoms with Crippen LogP contribution in [0.15, 0.2) is 33.9 Å². The molecule has 1 N–H and O–H groups in total. The standard InChI is InChI=1S/C17H22N2O3S2/c1-12-9-15(24(21,22)19(3)4)10-16(13(12)2)18-17(20)6-5-14-7-8-23-11-14/h7-11H,5-6H2,1-4H3,(H,18,20). The normalized spacial score (nSPS) is 11.7. The van der Waals surface area contributed by atoms with Gasteiger partial charge in [0.2, 0.25) is 15.9 Å². The van der Waals surface area contributed by atoms with E-state index in [-0.39, 0.29) is 10.8 Å². The van der Waals surface area contributed by atoms with Crippen LogP contribution in [-0.2, 0) is 21.2 Å². The van der Waals surface area contributed by atoms with E-state index < -0.39 is 10.0 Å². The van der Waals surface area contributed by atoms with Crippen molar-refractivity contribution in [1.29, 1.82) is 0 Å². The summed E-state index contributed by atoms with van der Waals surface area (Å²) < 4.78 is 25.8. The number of nitrogens with zero attached hydrogens (tertiary/aromatic N) is 1. The van der Waals surface area contributed by atoms with Crippen molar-refractivity contribution >= 4 is 33.0 Å². The second kappa shape index (κ2) is 7.46. The average Bonchev–Trinajstić information content (AvgIpc) is 3.02. The molecule has 1 heterocycles. The van der Waals surface area contributed by atoms with Crippen molar-refractivity contribution in [3.63, 3.8) is 0 Å². The highest BCUT2D eigenvalue weighted by atomic mass is 32.2. The van der Waals surface area contributed by atoms with Crippen LogP contribution >= 0.6 is 11.3 Å². The lowest BCUT2D eigenvalue weighted by molar-refractivity contribution is -0.116. The molecule has 2 aromatic rings. The maximum absolute atomic E-state index is 12.3. The van der Waals surface area contributed by atoms with Crippen molar-refractivity contribution in [3.8, 4) is 0 Å². The smallest absolute Gasteiger partial charge is 0.242 e. The van der Waals surface area contributed by atoms with Gasteiger partial charge < -0.3 is 5.32 Å². The fourth-order valence-electron chi connectivity index (χ4n) is 2.22. The number of anilines is 1. The van der Waals surface area contributed by atoms with Crippen molar-refractivity contribution < 1.29 is 13.2 Å². The molecule has 0 saturated heterocycles. The first-order valence-corrected chi connectivity index (χ1v) is 9.95. The molecule has 2 rings (SSSR count). The molecule has 0 fully saturated rings. The Labute approximate surface area is 147 Å². The molecule has 0 aliphatic rings. The summed E-state index contributed by atoms with van der Waals surface area (Å²) in [6.07, 6.45) is 1.03. The summed E-state index contributed by atoms with van der Waals surface area (Å²) in [5.74, 6) is -0.122. The zero-order valence-corrected chi connectivity index (χ0v) is 15.9. The molecule has 1 aromatic heterocycles. The lowest BCUT2D eigenvalue weighted by Gasteiger charge is -2.16. The molecule has 1 amide bonds. The van der Waals surface area contributed by atoms with Gasteiger partial charge in [-0.25, -0.2) is 12.7 Å². The number of hydrogen-bond acceptors (Lipinski definition) is 4. The number of carbonyl (C=O) groups excluding carboxylic acids is 1. The number of amides is 1. The largest absolute Gasteiger partial charge is 0.326 e. The molecule has 130 valence electrons. The van der Waals surface area contributed by atoms with Gasteiger partial charge in [-0.2, -0.15) is 11.3 Å². The van der Waals surface area contributed by atoms with Gasteiger partial charge in [-0.1, -0.05) is 0 Å². The Morgan fingerprint density at radius 3 is 2.54 bits per heavy atom. The molecule has 0 spiro atoms. The molecular formula is C17H22N2O3S2. The van der Waals surface area contributed by atoms with E-state index in [1.54, 1.807) is 17.4 Å². The lowest BCUT2D eigenvalue weighted by atomic mass is 10.1. The first kappa shape index (κ1) is 18.6. The van der Waals surface area contributed by atoms with Gasteiger partial charge in [0, 0.05) is 26.2 Å². The van der Waals surface area contributed by atoms with Crippen LogP contribution in [0.2, 0.25) is 0 Å². The monoisotopic (exact) mass is 366 g/mol. The number of nitrogens with one attached hydrogen (secondary N) is 1. The Balaban J connectivity index is 2.20. The minimum Gasteiger partial charge on any atom is -0.326 e. The highest BCUT2D eigenvalue weighted by molar-refractivity contribution is 7.89. The minimum atomic E-state index is -3.54. The van der Waals surface area contributed by atoms with Crippen LogP contribution < -0.4 is 5.32 Å². The maximum atomic E-state index is 12.3. The Hall–Kier alpha value is -1.70. The number of hydrogen-bond donors (Lipinski definition) is 1. The molecule has 0 aliphatic carbocycles. The Kier molecular flexibility index (Phi) is 5.79. The van der Waals surface area contributed by atoms with Crippen molar-refractivity contribution in [2.24, 2.45) is 0 Å². The van der Waals surface area contributed by atoms with E-state index >= 15 is 0 Å². The second-order valence-corrected chi connectivity index (χ2v) is 8.81. The third-order valence-electron chi connectivity index (χ3n) is 3.91. The van der Waals surface area contributed by atoms with Crippen LogP contribution in [0.4, 0.5) is 5.69 Å². The van der Waals surface area contributed by atoms with Crippen LogP contribution in [-0.4, -0.2) is 32.7 Å². The highest BCUT2D eigenvalue weighted by Gasteiger charge is 2.20. The van der Waals surface area contributed by atoms with E-state index in [1.807, 2.05) is 30.7 Å². The maximum Gasteiger partial charge on any atom is 0.242 e. The summed E-state index contributed by atoms with van der Waals surface area (Å²) in [6, 6.07) is 5.16. The summed E-state index contributed by atoms with van der Waals surface area (Å²) in [6.45, 7) is 3.71. The van der Waals surface area contributed by atoms with Gasteiger partial charge in [-0.05, 0) is 65.9 Å². The summed E-state index contributed by atoms with van der Waals surface area (Å²) >= 11 is 1.60. The highest BCUT2D eigenvalue weighted by Crippen LogP contribution is 2.25. The summed E-state index contributed by atoms with van der Waals surface area (Å²) in [5, 5.41) is 6.85. The van der Waals surface area contributed by atoms with Crippen LogP contribution in [0, 0.1) is 13.8 Å². The van der Waals surface area contributed by atoms with Crippen LogP contribution in [0.25, 0.3) is 0 Å². The van der Waals surface area contributed by atoms with Crippen LogP contribution in [0.1, 0.15) is 23.1 Å². The molecular weight excluding hydrogens is 344 g/mol. The zero-order chi connectivity index (χ0) is 17.9. The average molecular weight is 367 g/mol. The number of benzene rings is 1. The molecule has 24 heavy (non-hydrogen) atoms. The summed E-state index contributed by atoms with van der Waals surface area (Å²) in [7, 11) is -0.559. The van der Waals surface area contributed by atoms with Gasteiger partial charge >= 0.3 is 0 Å². The van der Waals surface area contributed by atoms with Gasteiger partial charge in [0.15, 0.2) is 0 Å². The lowest BCUT2D eigenvalue weighted by Crippen LogP contribution is -2.23. The molecule has 0 bridgehead atoms. The third kappa shape index (κ3) is 4.23. The molecule has 0 radical (unpaired) electrons. The fraction of sp³-hybridized carbons (Fsp3) is 0.353. The summed E-state index contributed by atoms with van der Waals surface area (Å²) in [4.78, 5) is 12.4. The van der Waals surface area contributed by atoms with Gasteiger partial charge in [-0.15, -0.1) is 0 Å². The zero-order valence-electron chi connectivity index (χ0n) is 14.3. The minimum absolute atomic E-state index is 0.122. The molecule has 0 saturated carbocycles. The van der Waals surface area contributed by atoms with Gasteiger partial charge in [0.05, 0.1) is 4.90 Å². The van der Waals surface area contributed by atoms with Crippen LogP contribution in [0.5, 0.6) is 0 Å². The van der Waals surface area contributed by atoms with Crippen molar-refractivity contribution in [2.45, 2.75) is 31.6 Å². The van der Waals surface area contributed by atoms with Gasteiger partial charge in [0.25, 0.3) is 0 Å². The first-order valence-electron chi connectivity index (χ1n) is 7.56. The molecule has 0 unspecified atom stereocenters. The van der Waals surface area contributed by atoms with E-state index in [9.17, 15) is 13.2 Å². The van der Waals surface area contributed by atoms with E-state index in [2.05, 4.69) is 5.32 Å². The van der Waals surface area contributed by atoms with E-state index in [0.29, 0.717) is 18.5 Å². The second-order valence-electron chi connectivity index (χ2n) is 5.88. The van der Waals surface area contributed by atoms with Crippen molar-refractivity contribution in [2.75, 3.05) is 19.4 Å². The van der Waals surface area contributed by atoms with Crippen molar-refractivity contribution in [3.05, 3.63) is 45.6 Å². The SMILES string of the molecule is Cc1cc(S(=O)(=O)N(C)C)cc(NC(=O)CCc2ccsc2)c1C. The third-order valence-corrected chi connectivity index (χ3v) is 6.44. The fourth-order valence-corrected chi connectivity index (χ4v) is 3.94. The van der Waals surface area contributed by atoms with Crippen LogP contribution in [0.3, 0.4) is 0 Å². The molecule has 1 aromatic carbocycles. The predicted molar refractivity (Wildman–Crippen MR) is 98.1 cm³/mol. The van der Waals surface area contributed by atoms with E-state index in [1.165, 1.54) is 24.5 Å². The van der Waals surface area contributed by atoms with E-state index in [4.69, 9.17) is 0 Å². The topological polar surface area (TPSA) is 66.5 Å². The van der Waals surface area contributed by atoms with Gasteiger partial charge in [0.1, 0.15) is 0 Å². The Morgan fingerprint density at radius 1 is 1.25 bits per heavy atom. The van der Waals surface area contributed by atoms with E-state index in [0.717, 1.165) is 16.7 Å². The van der Waals surface area contributed by atoms with Gasteiger partial charge in [-0.3, -0.25) is 4.79 Å². The summed E-state index contributed by atoms with van der Waals surface area (Å²) in [5.41, 5.74) is 3.38. The molecule has 0 atom stereocenters. The van der Waals surface area contributed by atoms with Crippen molar-refractivity contribution in [1.82, 2.24) is 4.31 Å². The molecule has 7 heteroatoms. The number of rotatable bonds is 6. The predicted octanol–water partition coefficient (Wildman–Crippen LogP) is 3.19. The Bertz CT molecular complexity index is 826.